The molecular formula is C18H15ClN2O2. The molecule has 0 atom stereocenters. The zero-order valence-corrected chi connectivity index (χ0v) is 13.3. The van der Waals surface area contributed by atoms with Gasteiger partial charge in [0.2, 0.25) is 5.89 Å². The van der Waals surface area contributed by atoms with Crippen LogP contribution in [0.1, 0.15) is 23.2 Å². The van der Waals surface area contributed by atoms with Crippen molar-refractivity contribution in [3.8, 4) is 11.3 Å². The lowest BCUT2D eigenvalue weighted by Crippen LogP contribution is -2.04. The highest BCUT2D eigenvalue weighted by Gasteiger charge is 2.09. The Balaban J connectivity index is 1.74. The highest BCUT2D eigenvalue weighted by atomic mass is 35.5. The smallest absolute Gasteiger partial charge is 0.214 e. The van der Waals surface area contributed by atoms with Crippen LogP contribution < -0.4 is 5.32 Å². The zero-order valence-electron chi connectivity index (χ0n) is 12.5. The number of hydrogen-bond donors (Lipinski definition) is 1. The van der Waals surface area contributed by atoms with E-state index in [-0.39, 0.29) is 5.78 Å². The van der Waals surface area contributed by atoms with Gasteiger partial charge < -0.3 is 9.73 Å². The fraction of sp³-hybridized carbons (Fsp3) is 0.111. The fourth-order valence-electron chi connectivity index (χ4n) is 2.28. The highest BCUT2D eigenvalue weighted by Crippen LogP contribution is 2.24. The van der Waals surface area contributed by atoms with Gasteiger partial charge in [-0.2, -0.15) is 0 Å². The molecule has 0 aliphatic heterocycles. The van der Waals surface area contributed by atoms with Crippen LogP contribution in [0.5, 0.6) is 0 Å². The summed E-state index contributed by atoms with van der Waals surface area (Å²) >= 11 is 5.98. The summed E-state index contributed by atoms with van der Waals surface area (Å²) in [5.41, 5.74) is 2.29. The Morgan fingerprint density at radius 1 is 1.22 bits per heavy atom. The molecule has 5 heteroatoms. The quantitative estimate of drug-likeness (QED) is 0.684. The summed E-state index contributed by atoms with van der Waals surface area (Å²) in [6.45, 7) is 1.94. The van der Waals surface area contributed by atoms with Gasteiger partial charge in [-0.25, -0.2) is 4.98 Å². The summed E-state index contributed by atoms with van der Waals surface area (Å²) < 4.78 is 5.73. The third-order valence-corrected chi connectivity index (χ3v) is 3.63. The largest absolute Gasteiger partial charge is 0.439 e. The van der Waals surface area contributed by atoms with Crippen molar-refractivity contribution in [3.63, 3.8) is 0 Å². The number of oxazole rings is 1. The number of aromatic nitrogens is 1. The molecule has 0 aliphatic carbocycles. The number of hydrogen-bond acceptors (Lipinski definition) is 4. The summed E-state index contributed by atoms with van der Waals surface area (Å²) in [4.78, 5) is 15.9. The first-order valence-corrected chi connectivity index (χ1v) is 7.56. The van der Waals surface area contributed by atoms with E-state index in [1.165, 1.54) is 0 Å². The van der Waals surface area contributed by atoms with E-state index >= 15 is 0 Å². The van der Waals surface area contributed by atoms with Crippen LogP contribution in [0.3, 0.4) is 0 Å². The van der Waals surface area contributed by atoms with Gasteiger partial charge in [-0.1, -0.05) is 35.9 Å². The van der Waals surface area contributed by atoms with Crippen LogP contribution in [-0.2, 0) is 6.54 Å². The molecule has 0 amide bonds. The monoisotopic (exact) mass is 326 g/mol. The van der Waals surface area contributed by atoms with Crippen LogP contribution in [0.25, 0.3) is 11.3 Å². The van der Waals surface area contributed by atoms with Gasteiger partial charge >= 0.3 is 0 Å². The number of halogens is 1. The number of para-hydroxylation sites is 1. The minimum absolute atomic E-state index is 0.0140. The fourth-order valence-corrected chi connectivity index (χ4v) is 2.47. The third-order valence-electron chi connectivity index (χ3n) is 3.40. The second kappa shape index (κ2) is 6.67. The van der Waals surface area contributed by atoms with Gasteiger partial charge in [-0.3, -0.25) is 4.79 Å². The normalized spacial score (nSPS) is 10.5. The van der Waals surface area contributed by atoms with Crippen molar-refractivity contribution in [1.82, 2.24) is 4.98 Å². The number of ketones is 1. The Morgan fingerprint density at radius 3 is 2.83 bits per heavy atom. The van der Waals surface area contributed by atoms with Crippen LogP contribution in [0.15, 0.2) is 59.1 Å². The van der Waals surface area contributed by atoms with E-state index < -0.39 is 0 Å². The lowest BCUT2D eigenvalue weighted by atomic mass is 10.1. The van der Waals surface area contributed by atoms with Crippen molar-refractivity contribution in [3.05, 3.63) is 71.2 Å². The Labute approximate surface area is 139 Å². The number of nitrogens with zero attached hydrogens (tertiary/aromatic N) is 1. The van der Waals surface area contributed by atoms with Gasteiger partial charge in [-0.15, -0.1) is 0 Å². The lowest BCUT2D eigenvalue weighted by Gasteiger charge is -2.08. The summed E-state index contributed by atoms with van der Waals surface area (Å²) in [5, 5.41) is 3.83. The van der Waals surface area contributed by atoms with Crippen molar-refractivity contribution in [2.45, 2.75) is 13.5 Å². The minimum atomic E-state index is 0.0140. The Morgan fingerprint density at radius 2 is 2.04 bits per heavy atom. The molecule has 0 unspecified atom stereocenters. The van der Waals surface area contributed by atoms with Crippen LogP contribution >= 0.6 is 11.6 Å². The van der Waals surface area contributed by atoms with Crippen molar-refractivity contribution < 1.29 is 9.21 Å². The molecule has 1 N–H and O–H groups in total. The van der Waals surface area contributed by atoms with Crippen LogP contribution in [0.2, 0.25) is 5.02 Å². The van der Waals surface area contributed by atoms with Crippen LogP contribution in [0, 0.1) is 0 Å². The van der Waals surface area contributed by atoms with Gasteiger partial charge in [-0.05, 0) is 31.2 Å². The molecule has 0 bridgehead atoms. The number of nitrogens with one attached hydrogen (secondary N) is 1. The molecule has 0 aliphatic rings. The maximum atomic E-state index is 11.6. The zero-order chi connectivity index (χ0) is 16.2. The van der Waals surface area contributed by atoms with E-state index in [1.54, 1.807) is 19.2 Å². The van der Waals surface area contributed by atoms with Crippen molar-refractivity contribution in [1.29, 1.82) is 0 Å². The number of anilines is 1. The molecule has 4 nitrogen and oxygen atoms in total. The molecule has 3 rings (SSSR count). The highest BCUT2D eigenvalue weighted by molar-refractivity contribution is 6.30. The van der Waals surface area contributed by atoms with Crippen molar-refractivity contribution in [2.24, 2.45) is 0 Å². The molecule has 0 saturated carbocycles. The number of Topliss-reactive ketones (excluding diaryl/α,β-unsaturated/α-hetero) is 1. The Hall–Kier alpha value is -2.59. The Bertz CT molecular complexity index is 842. The van der Waals surface area contributed by atoms with Gasteiger partial charge in [0.15, 0.2) is 11.5 Å². The maximum absolute atomic E-state index is 11.6. The first kappa shape index (κ1) is 15.3. The van der Waals surface area contributed by atoms with Crippen LogP contribution in [-0.4, -0.2) is 10.8 Å². The van der Waals surface area contributed by atoms with Gasteiger partial charge in [0.25, 0.3) is 0 Å². The number of carbonyl (C=O) groups is 1. The Kier molecular flexibility index (Phi) is 4.44. The minimum Gasteiger partial charge on any atom is -0.439 e. The number of rotatable bonds is 5. The summed E-state index contributed by atoms with van der Waals surface area (Å²) in [6, 6.07) is 14.8. The van der Waals surface area contributed by atoms with Gasteiger partial charge in [0.05, 0.1) is 12.7 Å². The molecule has 116 valence electrons. The molecule has 0 fully saturated rings. The average Bonchev–Trinajstić information content (AvgIpc) is 3.02. The second-order valence-electron chi connectivity index (χ2n) is 5.08. The molecule has 1 heterocycles. The molecule has 0 spiro atoms. The molecule has 23 heavy (non-hydrogen) atoms. The SMILES string of the molecule is CC(=O)c1ccccc1NCc1ncc(-c2cccc(Cl)c2)o1. The van der Waals surface area contributed by atoms with E-state index in [0.29, 0.717) is 28.8 Å². The summed E-state index contributed by atoms with van der Waals surface area (Å²) in [6.07, 6.45) is 1.67. The van der Waals surface area contributed by atoms with Crippen molar-refractivity contribution in [2.75, 3.05) is 5.32 Å². The number of benzene rings is 2. The standard InChI is InChI=1S/C18H15ClN2O2/c1-12(22)15-7-2-3-8-16(15)20-11-18-21-10-17(23-18)13-5-4-6-14(19)9-13/h2-10,20H,11H2,1H3. The van der Waals surface area contributed by atoms with Gasteiger partial charge in [0.1, 0.15) is 0 Å². The van der Waals surface area contributed by atoms with E-state index in [0.717, 1.165) is 11.3 Å². The molecular weight excluding hydrogens is 312 g/mol. The molecule has 0 radical (unpaired) electrons. The predicted molar refractivity (Wildman–Crippen MR) is 90.7 cm³/mol. The number of carbonyl (C=O) groups excluding carboxylic acids is 1. The van der Waals surface area contributed by atoms with Crippen molar-refractivity contribution >= 4 is 23.1 Å². The summed E-state index contributed by atoms with van der Waals surface area (Å²) in [7, 11) is 0. The first-order valence-electron chi connectivity index (χ1n) is 7.18. The van der Waals surface area contributed by atoms with E-state index in [9.17, 15) is 4.79 Å². The predicted octanol–water partition coefficient (Wildman–Crippen LogP) is 4.81. The lowest BCUT2D eigenvalue weighted by molar-refractivity contribution is 0.101. The topological polar surface area (TPSA) is 55.1 Å². The second-order valence-corrected chi connectivity index (χ2v) is 5.52. The maximum Gasteiger partial charge on any atom is 0.214 e. The summed E-state index contributed by atoms with van der Waals surface area (Å²) in [5.74, 6) is 1.21. The van der Waals surface area contributed by atoms with E-state index in [4.69, 9.17) is 16.0 Å². The van der Waals surface area contributed by atoms with E-state index in [1.807, 2.05) is 42.5 Å². The molecule has 2 aromatic carbocycles. The first-order chi connectivity index (χ1) is 11.1. The third kappa shape index (κ3) is 3.60. The van der Waals surface area contributed by atoms with E-state index in [2.05, 4.69) is 10.3 Å². The average molecular weight is 327 g/mol. The van der Waals surface area contributed by atoms with Crippen LogP contribution in [0.4, 0.5) is 5.69 Å². The molecule has 3 aromatic rings. The molecule has 0 saturated heterocycles. The van der Waals surface area contributed by atoms with Gasteiger partial charge in [0, 0.05) is 21.8 Å². The molecule has 1 aromatic heterocycles.